The molecule has 20 heavy (non-hydrogen) atoms. The Labute approximate surface area is 133 Å². The topological polar surface area (TPSA) is 0 Å². The number of halogens is 1. The van der Waals surface area contributed by atoms with Crippen molar-refractivity contribution < 1.29 is 0 Å². The van der Waals surface area contributed by atoms with E-state index in [1.165, 1.54) is 20.9 Å². The maximum atomic E-state index is 3.61. The minimum absolute atomic E-state index is 0.251. The van der Waals surface area contributed by atoms with Gasteiger partial charge < -0.3 is 0 Å². The van der Waals surface area contributed by atoms with Gasteiger partial charge in [-0.2, -0.15) is 0 Å². The molecule has 3 rings (SSSR count). The van der Waals surface area contributed by atoms with E-state index in [0.29, 0.717) is 0 Å². The third kappa shape index (κ3) is 2.72. The first-order valence-electron chi connectivity index (χ1n) is 6.80. The number of hydrogen-bond acceptors (Lipinski definition) is 1. The molecular weight excluding hydrogens is 328 g/mol. The van der Waals surface area contributed by atoms with Gasteiger partial charge in [0.15, 0.2) is 0 Å². The number of fused-ring (bicyclic) bond motifs is 1. The van der Waals surface area contributed by atoms with Gasteiger partial charge in [0, 0.05) is 14.3 Å². The number of benzene rings is 2. The molecule has 2 aromatic carbocycles. The van der Waals surface area contributed by atoms with E-state index < -0.39 is 0 Å². The van der Waals surface area contributed by atoms with Gasteiger partial charge in [0.05, 0.1) is 0 Å². The van der Waals surface area contributed by atoms with E-state index in [1.54, 1.807) is 11.8 Å². The summed E-state index contributed by atoms with van der Waals surface area (Å²) >= 11 is 5.42. The van der Waals surface area contributed by atoms with E-state index in [2.05, 4.69) is 78.3 Å². The molecule has 0 unspecified atom stereocenters. The lowest BCUT2D eigenvalue weighted by atomic mass is 9.76. The lowest BCUT2D eigenvalue weighted by molar-refractivity contribution is 0.528. The number of allylic oxidation sites excluding steroid dienone is 1. The Kier molecular flexibility index (Phi) is 3.78. The minimum atomic E-state index is 0.251. The van der Waals surface area contributed by atoms with Crippen LogP contribution in [0.1, 0.15) is 31.4 Å². The average molecular weight is 345 g/mol. The molecule has 0 bridgehead atoms. The Morgan fingerprint density at radius 3 is 2.70 bits per heavy atom. The lowest BCUT2D eigenvalue weighted by Gasteiger charge is -2.29. The van der Waals surface area contributed by atoms with Crippen LogP contribution in [-0.4, -0.2) is 0 Å². The van der Waals surface area contributed by atoms with Gasteiger partial charge in [-0.3, -0.25) is 0 Å². The van der Waals surface area contributed by atoms with Crippen molar-refractivity contribution in [1.29, 1.82) is 0 Å². The first-order chi connectivity index (χ1) is 9.56. The summed E-state index contributed by atoms with van der Waals surface area (Å²) in [6.07, 6.45) is 5.66. The highest BCUT2D eigenvalue weighted by atomic mass is 79.9. The van der Waals surface area contributed by atoms with Crippen molar-refractivity contribution >= 4 is 33.8 Å². The zero-order chi connectivity index (χ0) is 14.2. The van der Waals surface area contributed by atoms with E-state index in [0.717, 1.165) is 10.9 Å². The zero-order valence-electron chi connectivity index (χ0n) is 11.7. The fraction of sp³-hybridized carbons (Fsp3) is 0.222. The first-order valence-corrected chi connectivity index (χ1v) is 8.41. The monoisotopic (exact) mass is 344 g/mol. The van der Waals surface area contributed by atoms with Crippen LogP contribution in [0.2, 0.25) is 0 Å². The number of hydrogen-bond donors (Lipinski definition) is 0. The molecule has 0 aliphatic heterocycles. The SMILES string of the molecule is CC1(C)CC=Cc2cc(Sc3ccccc3Br)ccc21. The second-order valence-electron chi connectivity index (χ2n) is 5.77. The van der Waals surface area contributed by atoms with Gasteiger partial charge in [-0.05, 0) is 63.2 Å². The van der Waals surface area contributed by atoms with Crippen LogP contribution in [0.4, 0.5) is 0 Å². The fourth-order valence-corrected chi connectivity index (χ4v) is 4.02. The van der Waals surface area contributed by atoms with Gasteiger partial charge in [-0.25, -0.2) is 0 Å². The van der Waals surface area contributed by atoms with E-state index in [9.17, 15) is 0 Å². The van der Waals surface area contributed by atoms with Crippen molar-refractivity contribution in [2.75, 3.05) is 0 Å². The maximum Gasteiger partial charge on any atom is 0.0314 e. The molecule has 0 N–H and O–H groups in total. The van der Waals surface area contributed by atoms with Gasteiger partial charge in [0.2, 0.25) is 0 Å². The highest BCUT2D eigenvalue weighted by molar-refractivity contribution is 9.10. The molecule has 0 spiro atoms. The Morgan fingerprint density at radius 2 is 1.90 bits per heavy atom. The molecule has 0 aromatic heterocycles. The molecule has 0 fully saturated rings. The van der Waals surface area contributed by atoms with Gasteiger partial charge in [0.1, 0.15) is 0 Å². The maximum absolute atomic E-state index is 3.61. The molecule has 0 radical (unpaired) electrons. The Bertz CT molecular complexity index is 671. The second-order valence-corrected chi connectivity index (χ2v) is 7.74. The first kappa shape index (κ1) is 14.0. The van der Waals surface area contributed by atoms with Gasteiger partial charge >= 0.3 is 0 Å². The van der Waals surface area contributed by atoms with Crippen LogP contribution >= 0.6 is 27.7 Å². The average Bonchev–Trinajstić information content (AvgIpc) is 2.41. The quantitative estimate of drug-likeness (QED) is 0.616. The predicted octanol–water partition coefficient (Wildman–Crippen LogP) is 6.29. The van der Waals surface area contributed by atoms with Crippen LogP contribution in [0.5, 0.6) is 0 Å². The van der Waals surface area contributed by atoms with Crippen LogP contribution in [0, 0.1) is 0 Å². The highest BCUT2D eigenvalue weighted by Gasteiger charge is 2.24. The molecule has 0 amide bonds. The molecule has 1 aliphatic carbocycles. The summed E-state index contributed by atoms with van der Waals surface area (Å²) in [6, 6.07) is 15.2. The van der Waals surface area contributed by atoms with Crippen molar-refractivity contribution in [3.63, 3.8) is 0 Å². The second kappa shape index (κ2) is 5.42. The lowest BCUT2D eigenvalue weighted by Crippen LogP contribution is -2.19. The Morgan fingerprint density at radius 1 is 1.10 bits per heavy atom. The van der Waals surface area contributed by atoms with Gasteiger partial charge in [-0.15, -0.1) is 0 Å². The highest BCUT2D eigenvalue weighted by Crippen LogP contribution is 2.39. The van der Waals surface area contributed by atoms with Crippen molar-refractivity contribution in [3.05, 3.63) is 64.1 Å². The molecule has 0 heterocycles. The van der Waals surface area contributed by atoms with E-state index >= 15 is 0 Å². The van der Waals surface area contributed by atoms with Gasteiger partial charge in [0.25, 0.3) is 0 Å². The summed E-state index contributed by atoms with van der Waals surface area (Å²) in [5, 5.41) is 0. The van der Waals surface area contributed by atoms with Crippen LogP contribution < -0.4 is 0 Å². The molecule has 0 saturated heterocycles. The molecule has 0 nitrogen and oxygen atoms in total. The summed E-state index contributed by atoms with van der Waals surface area (Å²) < 4.78 is 1.15. The third-order valence-corrected chi connectivity index (χ3v) is 5.76. The molecule has 0 atom stereocenters. The normalized spacial score (nSPS) is 15.9. The summed E-state index contributed by atoms with van der Waals surface area (Å²) in [5.41, 5.74) is 3.07. The van der Waals surface area contributed by atoms with Crippen molar-refractivity contribution in [2.45, 2.75) is 35.5 Å². The summed E-state index contributed by atoms with van der Waals surface area (Å²) in [5.74, 6) is 0. The van der Waals surface area contributed by atoms with Crippen molar-refractivity contribution in [3.8, 4) is 0 Å². The largest absolute Gasteiger partial charge is 0.0889 e. The van der Waals surface area contributed by atoms with Crippen molar-refractivity contribution in [2.24, 2.45) is 0 Å². The van der Waals surface area contributed by atoms with Crippen LogP contribution in [-0.2, 0) is 5.41 Å². The molecule has 0 saturated carbocycles. The summed E-state index contributed by atoms with van der Waals surface area (Å²) in [6.45, 7) is 4.63. The Balaban J connectivity index is 1.95. The van der Waals surface area contributed by atoms with Crippen molar-refractivity contribution in [1.82, 2.24) is 0 Å². The molecule has 2 aromatic rings. The zero-order valence-corrected chi connectivity index (χ0v) is 14.1. The van der Waals surface area contributed by atoms with Crippen LogP contribution in [0.15, 0.2) is 62.8 Å². The predicted molar refractivity (Wildman–Crippen MR) is 91.4 cm³/mol. The molecular formula is C18H17BrS. The molecule has 1 aliphatic rings. The Hall–Kier alpha value is -0.990. The van der Waals surface area contributed by atoms with Crippen LogP contribution in [0.25, 0.3) is 6.08 Å². The fourth-order valence-electron chi connectivity index (χ4n) is 2.60. The smallest absolute Gasteiger partial charge is 0.0314 e. The van der Waals surface area contributed by atoms with E-state index in [4.69, 9.17) is 0 Å². The van der Waals surface area contributed by atoms with E-state index in [1.807, 2.05) is 6.07 Å². The third-order valence-electron chi connectivity index (χ3n) is 3.74. The number of rotatable bonds is 2. The standard InChI is InChI=1S/C18H17BrS/c1-18(2)11-5-6-13-12-14(9-10-15(13)18)20-17-8-4-3-7-16(17)19/h3-10,12H,11H2,1-2H3. The minimum Gasteiger partial charge on any atom is -0.0889 e. The molecule has 102 valence electrons. The van der Waals surface area contributed by atoms with E-state index in [-0.39, 0.29) is 5.41 Å². The van der Waals surface area contributed by atoms with Crippen LogP contribution in [0.3, 0.4) is 0 Å². The van der Waals surface area contributed by atoms with Gasteiger partial charge in [-0.1, -0.05) is 56.0 Å². The summed E-state index contributed by atoms with van der Waals surface area (Å²) in [7, 11) is 0. The molecule has 2 heteroatoms. The summed E-state index contributed by atoms with van der Waals surface area (Å²) in [4.78, 5) is 2.55.